The summed E-state index contributed by atoms with van der Waals surface area (Å²) in [5, 5.41) is 0. The van der Waals surface area contributed by atoms with Crippen molar-refractivity contribution in [1.82, 2.24) is 27.5 Å². The number of imidazole rings is 2. The van der Waals surface area contributed by atoms with Crippen LogP contribution in [0.25, 0.3) is 0 Å². The molecule has 1 aliphatic rings. The molecule has 4 unspecified atom stereocenters. The van der Waals surface area contributed by atoms with E-state index in [9.17, 15) is 103 Å². The molecule has 3 aromatic heterocycles. The van der Waals surface area contributed by atoms with Crippen LogP contribution in [-0.4, -0.2) is 209 Å². The van der Waals surface area contributed by atoms with Gasteiger partial charge in [0.05, 0.1) is 33.2 Å². The maximum Gasteiger partial charge on any atom is 1.00 e. The van der Waals surface area contributed by atoms with Gasteiger partial charge in [0, 0.05) is 53.0 Å². The number of rotatable bonds is 20. The zero-order chi connectivity index (χ0) is 62.4. The number of hydrogen-bond donors (Lipinski definition) is 2. The van der Waals surface area contributed by atoms with Gasteiger partial charge in [0.25, 0.3) is 43.7 Å². The van der Waals surface area contributed by atoms with E-state index in [0.717, 1.165) is 64.7 Å². The number of aromatic amines is 2. The van der Waals surface area contributed by atoms with Gasteiger partial charge >= 0.3 is 56.0 Å². The zero-order valence-electron chi connectivity index (χ0n) is 44.0. The molecule has 462 valence electrons. The molecule has 4 atom stereocenters. The number of halogens is 9. The molecule has 4 rings (SSSR count). The van der Waals surface area contributed by atoms with Gasteiger partial charge in [0.2, 0.25) is 32.5 Å². The number of aromatic nitrogens is 5. The first-order chi connectivity index (χ1) is 35.8. The standard InChI is InChI=1S/C9H14F3N2O6S3.C6H13F3N2O6S3.C6H11F3O6S3.C6H12N2.C4H5N.C3H4N2.Li/c1-3-6-20-21(15)8(22(16,17)9(10,11)12)23(18,19)14-5-4-13(2)7-14;1-10(2)19(14,15)5(20(16,17)11(3)4)18(12,13)6(7,8)9;1-3-14-16(10)5(17(11)15-4-2)18(12,13)6(7,8)9;1-3-8-5-4-7(2)6-8;1-2-4-5-3-1;1-2-5-3-4-1;/h4-5,7-8H,3,6H2,1-2H3;5H,1-4H3;5H,3-4H2,1-2H3;4-5H,3,6H2,1-2H3;1-5H;1-3H,(H,4,5);/q+1;;;+2;;;+1. The second kappa shape index (κ2) is 34.7. The van der Waals surface area contributed by atoms with Crippen LogP contribution < -0.4 is 23.4 Å². The molecule has 80 heavy (non-hydrogen) atoms. The van der Waals surface area contributed by atoms with E-state index >= 15 is 0 Å². The summed E-state index contributed by atoms with van der Waals surface area (Å²) in [6.45, 7) is 7.44. The molecule has 46 heteroatoms. The van der Waals surface area contributed by atoms with E-state index in [-0.39, 0.29) is 57.7 Å². The van der Waals surface area contributed by atoms with Crippen LogP contribution in [-0.2, 0) is 112 Å². The molecule has 0 aromatic carbocycles. The van der Waals surface area contributed by atoms with Crippen LogP contribution in [0.1, 0.15) is 34.1 Å². The number of aryl methyl sites for hydroxylation is 1. The SMILES string of the molecule is CCCOS(=O)C(S(=O)(=O)n1cc[n+](C)c1)S(=O)(=O)C(F)(F)F.CCOS(=O)C(S(=O)OCC)S(=O)(=O)C(F)(F)F.CC[N+]1=CC=[N+](C)C1.CN(C)S(=O)(=O)C(S(=O)(=O)N(C)C)S(=O)(=O)C(F)(F)F.[Li+].c1c[nH]cn1.c1cc[nH]c1. The van der Waals surface area contributed by atoms with E-state index in [2.05, 4.69) is 63.1 Å². The third-order valence-corrected chi connectivity index (χ3v) is 29.9. The topological polar surface area (TPSA) is 350 Å². The van der Waals surface area contributed by atoms with Crippen molar-refractivity contribution in [3.8, 4) is 0 Å². The molecule has 0 saturated carbocycles. The average molecular weight is 1350 g/mol. The summed E-state index contributed by atoms with van der Waals surface area (Å²) < 4.78 is 296. The molecule has 1 aliphatic heterocycles. The second-order valence-corrected chi connectivity index (χ2v) is 33.4. The van der Waals surface area contributed by atoms with E-state index in [0.29, 0.717) is 0 Å². The van der Waals surface area contributed by atoms with Crippen molar-refractivity contribution in [3.63, 3.8) is 0 Å². The van der Waals surface area contributed by atoms with Crippen molar-refractivity contribution < 1.29 is 148 Å². The minimum atomic E-state index is -6.50. The third kappa shape index (κ3) is 24.3. The van der Waals surface area contributed by atoms with Crippen LogP contribution in [0.5, 0.6) is 0 Å². The van der Waals surface area contributed by atoms with Gasteiger partial charge in [-0.15, -0.1) is 3.97 Å². The first kappa shape index (κ1) is 81.2. The molecule has 3 aromatic rings. The van der Waals surface area contributed by atoms with Gasteiger partial charge in [-0.3, -0.25) is 12.5 Å². The fourth-order valence-corrected chi connectivity index (χ4v) is 22.0. The molecule has 0 spiro atoms. The number of alkyl halides is 9. The minimum absolute atomic E-state index is 0. The van der Waals surface area contributed by atoms with E-state index in [4.69, 9.17) is 0 Å². The summed E-state index contributed by atoms with van der Waals surface area (Å²) in [5.41, 5.74) is -17.6. The number of nitrogens with one attached hydrogen (secondary N) is 2. The average Bonchev–Trinajstić information content (AvgIpc) is 4.16. The first-order valence-corrected chi connectivity index (χ1v) is 33.6. The summed E-state index contributed by atoms with van der Waals surface area (Å²) in [6.07, 6.45) is 16.0. The normalized spacial score (nSPS) is 15.4. The predicted octanol–water partition coefficient (Wildman–Crippen LogP) is -2.41. The van der Waals surface area contributed by atoms with E-state index in [1.54, 1.807) is 18.7 Å². The Morgan fingerprint density at radius 3 is 1.35 bits per heavy atom. The van der Waals surface area contributed by atoms with Gasteiger partial charge in [0.1, 0.15) is 26.0 Å². The van der Waals surface area contributed by atoms with Crippen LogP contribution in [0.2, 0.25) is 0 Å². The Morgan fingerprint density at radius 1 is 0.650 bits per heavy atom. The van der Waals surface area contributed by atoms with Crippen LogP contribution in [0.4, 0.5) is 39.5 Å². The van der Waals surface area contributed by atoms with E-state index < -0.39 is 121 Å². The second-order valence-electron chi connectivity index (χ2n) is 14.6. The largest absolute Gasteiger partial charge is 1.00 e. The predicted molar refractivity (Wildman–Crippen MR) is 269 cm³/mol. The molecule has 2 N–H and O–H groups in total. The van der Waals surface area contributed by atoms with Crippen molar-refractivity contribution in [2.75, 3.05) is 68.3 Å². The van der Waals surface area contributed by atoms with E-state index in [1.165, 1.54) is 27.8 Å². The van der Waals surface area contributed by atoms with E-state index in [1.807, 2.05) is 24.5 Å². The summed E-state index contributed by atoms with van der Waals surface area (Å²) in [4.78, 5) is 9.28. The van der Waals surface area contributed by atoms with Crippen LogP contribution >= 0.6 is 0 Å². The van der Waals surface area contributed by atoms with Crippen LogP contribution in [0.15, 0.2) is 62.0 Å². The van der Waals surface area contributed by atoms with Crippen molar-refractivity contribution in [3.05, 3.63) is 62.0 Å². The van der Waals surface area contributed by atoms with Gasteiger partial charge in [-0.2, -0.15) is 57.1 Å². The Kier molecular flexibility index (Phi) is 35.2. The fourth-order valence-electron chi connectivity index (χ4n) is 4.31. The number of hydrogen-bond acceptors (Lipinski definition) is 19. The number of sulfonamides is 2. The quantitative estimate of drug-likeness (QED) is 0.0676. The van der Waals surface area contributed by atoms with Crippen molar-refractivity contribution in [2.24, 2.45) is 7.05 Å². The Morgan fingerprint density at radius 2 is 1.10 bits per heavy atom. The summed E-state index contributed by atoms with van der Waals surface area (Å²) in [7, 11) is -28.2. The Balaban J connectivity index is -0.000000954. The molecule has 0 bridgehead atoms. The Hall–Kier alpha value is -3.04. The molecule has 0 fully saturated rings. The fraction of sp³-hybridized carbons (Fsp3) is 0.647. The van der Waals surface area contributed by atoms with Gasteiger partial charge in [-0.1, -0.05) is 6.92 Å². The molecule has 0 amide bonds. The van der Waals surface area contributed by atoms with Gasteiger partial charge in [0.15, 0.2) is 33.2 Å². The molecule has 4 heterocycles. The third-order valence-electron chi connectivity index (χ3n) is 8.10. The van der Waals surface area contributed by atoms with Gasteiger partial charge < -0.3 is 9.97 Å². The maximum absolute atomic E-state index is 12.8. The van der Waals surface area contributed by atoms with Gasteiger partial charge in [-0.25, -0.2) is 72.9 Å². The number of sulfone groups is 3. The monoisotopic (exact) mass is 1350 g/mol. The number of nitrogens with zero attached hydrogens (tertiary/aromatic N) is 7. The van der Waals surface area contributed by atoms with Crippen molar-refractivity contribution >= 4 is 105 Å². The minimum Gasteiger partial charge on any atom is -0.368 e. The van der Waals surface area contributed by atoms with Crippen molar-refractivity contribution in [1.29, 1.82) is 0 Å². The molecule has 27 nitrogen and oxygen atoms in total. The smallest absolute Gasteiger partial charge is 0.368 e. The summed E-state index contributed by atoms with van der Waals surface area (Å²) >= 11 is -9.14. The first-order valence-electron chi connectivity index (χ1n) is 21.0. The molecule has 0 radical (unpaired) electrons. The van der Waals surface area contributed by atoms with Crippen LogP contribution in [0.3, 0.4) is 0 Å². The van der Waals surface area contributed by atoms with Gasteiger partial charge in [-0.05, 0) is 39.3 Å². The maximum atomic E-state index is 12.8. The summed E-state index contributed by atoms with van der Waals surface area (Å²) in [5.74, 6) is 0. The Labute approximate surface area is 477 Å². The summed E-state index contributed by atoms with van der Waals surface area (Å²) in [6, 6.07) is 3.89. The molecule has 0 aliphatic carbocycles. The molecule has 0 saturated heterocycles. The molecular weight excluding hydrogens is 1290 g/mol. The van der Waals surface area contributed by atoms with Crippen molar-refractivity contribution in [2.45, 2.75) is 62.4 Å². The zero-order valence-corrected chi connectivity index (χ0v) is 51.3. The molecular formula is C34H59F9LiN9O18S9+4. The number of H-pyrrole nitrogens is 2. The van der Waals surface area contributed by atoms with Crippen LogP contribution in [0, 0.1) is 0 Å². The Bertz CT molecular complexity index is 3050.